The van der Waals surface area contributed by atoms with E-state index in [0.29, 0.717) is 0 Å². The van der Waals surface area contributed by atoms with Crippen molar-refractivity contribution in [2.24, 2.45) is 0 Å². The molecule has 3 nitrogen and oxygen atoms in total. The van der Waals surface area contributed by atoms with E-state index < -0.39 is 0 Å². The van der Waals surface area contributed by atoms with Gasteiger partial charge in [0.2, 0.25) is 0 Å². The molecule has 0 saturated carbocycles. The Bertz CT molecular complexity index is 253. The Kier molecular flexibility index (Phi) is 37.9. The number of rotatable bonds is 0. The number of benzene rings is 1. The van der Waals surface area contributed by atoms with E-state index in [4.69, 9.17) is 14.7 Å². The third-order valence-electron chi connectivity index (χ3n) is 0.892. The number of hydrogen-bond acceptors (Lipinski definition) is 3. The molecule has 0 fully saturated rings. The van der Waals surface area contributed by atoms with E-state index in [1.165, 1.54) is 0 Å². The first-order valence-corrected chi connectivity index (χ1v) is 13.2. The van der Waals surface area contributed by atoms with Crippen LogP contribution in [0.15, 0.2) is 30.3 Å². The van der Waals surface area contributed by atoms with Gasteiger partial charge in [-0.15, -0.1) is 0 Å². The van der Waals surface area contributed by atoms with Gasteiger partial charge >= 0.3 is 59.3 Å². The van der Waals surface area contributed by atoms with Crippen LogP contribution < -0.4 is 0 Å². The summed E-state index contributed by atoms with van der Waals surface area (Å²) in [6.07, 6.45) is 0. The average Bonchev–Trinajstić information content (AvgIpc) is 2.33. The minimum absolute atomic E-state index is 0. The van der Waals surface area contributed by atoms with Crippen molar-refractivity contribution < 1.29 is 33.8 Å². The van der Waals surface area contributed by atoms with E-state index in [9.17, 15) is 0 Å². The van der Waals surface area contributed by atoms with Gasteiger partial charge < -0.3 is 14.7 Å². The van der Waals surface area contributed by atoms with Crippen LogP contribution in [-0.4, -0.2) is 14.7 Å². The van der Waals surface area contributed by atoms with Gasteiger partial charge in [-0.1, -0.05) is 26.8 Å². The van der Waals surface area contributed by atoms with Gasteiger partial charge in [0.1, 0.15) is 0 Å². The van der Waals surface area contributed by atoms with Gasteiger partial charge in [0, 0.05) is 25.5 Å². The van der Waals surface area contributed by atoms with Gasteiger partial charge in [-0.25, -0.2) is 0 Å². The van der Waals surface area contributed by atoms with Crippen LogP contribution in [-0.2, 0) is 19.2 Å². The summed E-state index contributed by atoms with van der Waals surface area (Å²) in [4.78, 5) is 22.7. The fourth-order valence-corrected chi connectivity index (χ4v) is 0.841. The van der Waals surface area contributed by atoms with Crippen LogP contribution in [0.2, 0.25) is 0 Å². The summed E-state index contributed by atoms with van der Waals surface area (Å²) in [5.74, 6) is 0. The molecule has 99 valence electrons. The zero-order chi connectivity index (χ0) is 13.9. The predicted octanol–water partition coefficient (Wildman–Crippen LogP) is 2.63. The quantitative estimate of drug-likeness (QED) is 0.438. The molecule has 0 saturated heterocycles. The Morgan fingerprint density at radius 1 is 0.882 bits per heavy atom. The first-order valence-electron chi connectivity index (χ1n) is 3.90. The third-order valence-corrected chi connectivity index (χ3v) is 1.47. The molecule has 0 radical (unpaired) electrons. The molecular weight excluding hydrogens is 414 g/mol. The third kappa shape index (κ3) is 32.1. The summed E-state index contributed by atoms with van der Waals surface area (Å²) < 4.78 is 3.04. The minimum atomic E-state index is 0. The van der Waals surface area contributed by atoms with Crippen LogP contribution in [0.5, 0.6) is 0 Å². The van der Waals surface area contributed by atoms with Crippen LogP contribution >= 0.6 is 52.3 Å². The van der Waals surface area contributed by atoms with Crippen LogP contribution in [0.3, 0.4) is 0 Å². The molecule has 6 atom stereocenters. The molecule has 0 heterocycles. The first kappa shape index (κ1) is 24.2. The van der Waals surface area contributed by atoms with E-state index in [1.807, 2.05) is 49.5 Å². The molecule has 0 aliphatic carbocycles. The maximum atomic E-state index is 7.56. The summed E-state index contributed by atoms with van der Waals surface area (Å²) >= 11 is 1.85. The Morgan fingerprint density at radius 2 is 1.18 bits per heavy atom. The zero-order valence-corrected chi connectivity index (χ0v) is 17.3. The topological polar surface area (TPSA) is 60.7 Å². The van der Waals surface area contributed by atoms with Crippen LogP contribution in [0.1, 0.15) is 5.56 Å². The second-order valence-electron chi connectivity index (χ2n) is 1.86. The summed E-state index contributed by atoms with van der Waals surface area (Å²) in [5, 5.41) is 0. The fraction of sp³-hybridized carbons (Fsp3) is 0. The molecule has 0 aliphatic rings. The standard InChI is InChI=1S/C7H5.Mo.3H4OP2/c1-7-5-3-2-4-6-7;;3*1-3-2/h2-6H;;3*1,3H,2H2. The van der Waals surface area contributed by atoms with E-state index in [1.54, 1.807) is 0 Å². The molecule has 10 heteroatoms. The molecule has 0 spiro atoms. The molecule has 17 heavy (non-hydrogen) atoms. The molecular formula is C7H17MoO3P6. The monoisotopic (exact) mass is 433 g/mol. The van der Waals surface area contributed by atoms with Crippen molar-refractivity contribution in [1.29, 1.82) is 0 Å². The summed E-state index contributed by atoms with van der Waals surface area (Å²) in [6.45, 7) is 0. The normalized spacial score (nSPS) is 9.00. The van der Waals surface area contributed by atoms with Gasteiger partial charge in [0.05, 0.1) is 0 Å². The van der Waals surface area contributed by atoms with Gasteiger partial charge in [-0.2, -0.15) is 0 Å². The molecule has 6 unspecified atom stereocenters. The van der Waals surface area contributed by atoms with Crippen LogP contribution in [0.25, 0.3) is 0 Å². The molecule has 0 bridgehead atoms. The van der Waals surface area contributed by atoms with Gasteiger partial charge in [-0.3, -0.25) is 0 Å². The van der Waals surface area contributed by atoms with Crippen molar-refractivity contribution in [3.8, 4) is 4.20 Å². The van der Waals surface area contributed by atoms with Crippen molar-refractivity contribution >= 4 is 52.3 Å². The van der Waals surface area contributed by atoms with Gasteiger partial charge in [0.25, 0.3) is 0 Å². The Balaban J connectivity index is -0.000000184. The van der Waals surface area contributed by atoms with E-state index >= 15 is 0 Å². The van der Waals surface area contributed by atoms with Crippen LogP contribution in [0.4, 0.5) is 0 Å². The first-order chi connectivity index (χ1) is 8.17. The van der Waals surface area contributed by atoms with Crippen molar-refractivity contribution in [2.45, 2.75) is 0 Å². The summed E-state index contributed by atoms with van der Waals surface area (Å²) in [7, 11) is 6.49. The summed E-state index contributed by atoms with van der Waals surface area (Å²) in [5.41, 5.74) is 1.16. The second-order valence-corrected chi connectivity index (χ2v) is 5.46. The van der Waals surface area contributed by atoms with E-state index in [2.05, 4.69) is 31.0 Å². The van der Waals surface area contributed by atoms with Crippen molar-refractivity contribution in [3.63, 3.8) is 0 Å². The number of hydrogen-bond donors (Lipinski definition) is 3. The second kappa shape index (κ2) is 26.7. The molecule has 3 N–H and O–H groups in total. The van der Waals surface area contributed by atoms with Gasteiger partial charge in [0.15, 0.2) is 0 Å². The predicted molar refractivity (Wildman–Crippen MR) is 90.2 cm³/mol. The van der Waals surface area contributed by atoms with Crippen molar-refractivity contribution in [1.82, 2.24) is 0 Å². The van der Waals surface area contributed by atoms with Crippen molar-refractivity contribution in [3.05, 3.63) is 35.9 Å². The van der Waals surface area contributed by atoms with Crippen LogP contribution in [0, 0.1) is 4.20 Å². The molecule has 0 aromatic heterocycles. The fourth-order valence-electron chi connectivity index (χ4n) is 0.506. The maximum absolute atomic E-state index is 7.56. The molecule has 0 aliphatic heterocycles. The molecule has 0 amide bonds. The SMILES string of the molecule is OPP.OPP.OPP.[Mo]#[C]c1ccccc1. The average molecular weight is 431 g/mol. The Labute approximate surface area is 126 Å². The van der Waals surface area contributed by atoms with E-state index in [0.717, 1.165) is 5.56 Å². The molecule has 1 rings (SSSR count). The van der Waals surface area contributed by atoms with Gasteiger partial charge in [-0.05, 0) is 0 Å². The van der Waals surface area contributed by atoms with Crippen molar-refractivity contribution in [2.75, 3.05) is 0 Å². The molecule has 1 aromatic carbocycles. The summed E-state index contributed by atoms with van der Waals surface area (Å²) in [6, 6.07) is 10.1. The Hall–Kier alpha value is 2.15. The Morgan fingerprint density at radius 3 is 1.35 bits per heavy atom. The molecule has 1 aromatic rings. The zero-order valence-electron chi connectivity index (χ0n) is 8.87. The van der Waals surface area contributed by atoms with E-state index in [-0.39, 0.29) is 25.5 Å².